The van der Waals surface area contributed by atoms with E-state index in [1.54, 1.807) is 39.0 Å². The van der Waals surface area contributed by atoms with Crippen molar-refractivity contribution < 1.29 is 18.6 Å². The summed E-state index contributed by atoms with van der Waals surface area (Å²) in [5.41, 5.74) is 2.25. The van der Waals surface area contributed by atoms with Crippen molar-refractivity contribution in [3.8, 4) is 11.5 Å². The third kappa shape index (κ3) is 12.0. The number of methoxy groups -OCH3 is 1. The Hall–Kier alpha value is -2.14. The van der Waals surface area contributed by atoms with Crippen molar-refractivity contribution in [2.24, 2.45) is 0 Å². The molecule has 0 aromatic heterocycles. The maximum absolute atomic E-state index is 12.8. The van der Waals surface area contributed by atoms with E-state index in [1.165, 1.54) is 38.5 Å². The lowest BCUT2D eigenvalue weighted by atomic mass is 9.83. The maximum atomic E-state index is 12.8. The van der Waals surface area contributed by atoms with Crippen LogP contribution in [0.2, 0.25) is 0 Å². The zero-order chi connectivity index (χ0) is 25.1. The SMILES string of the molecule is C.CC.CC1(C)CCCC(C)(C)N1.COc1ccc(C)c(F)c1.Cc1ccc(O)c(C)c1F. The van der Waals surface area contributed by atoms with Gasteiger partial charge in [0.25, 0.3) is 0 Å². The summed E-state index contributed by atoms with van der Waals surface area (Å²) in [4.78, 5) is 0. The van der Waals surface area contributed by atoms with Crippen LogP contribution >= 0.6 is 0 Å². The summed E-state index contributed by atoms with van der Waals surface area (Å²) in [5.74, 6) is 0.0329. The van der Waals surface area contributed by atoms with Crippen LogP contribution in [0.15, 0.2) is 30.3 Å². The summed E-state index contributed by atoms with van der Waals surface area (Å²) in [5, 5.41) is 12.6. The molecule has 2 N–H and O–H groups in total. The Kier molecular flexibility index (Phi) is 14.9. The molecule has 3 rings (SSSR count). The number of rotatable bonds is 1. The van der Waals surface area contributed by atoms with Crippen molar-refractivity contribution in [1.82, 2.24) is 5.32 Å². The van der Waals surface area contributed by atoms with E-state index in [4.69, 9.17) is 9.84 Å². The predicted molar refractivity (Wildman–Crippen MR) is 138 cm³/mol. The van der Waals surface area contributed by atoms with Gasteiger partial charge in [-0.25, -0.2) is 8.78 Å². The van der Waals surface area contributed by atoms with Gasteiger partial charge in [-0.1, -0.05) is 33.4 Å². The van der Waals surface area contributed by atoms with Gasteiger partial charge in [-0.3, -0.25) is 0 Å². The van der Waals surface area contributed by atoms with E-state index >= 15 is 0 Å². The zero-order valence-electron chi connectivity index (χ0n) is 21.6. The predicted octanol–water partition coefficient (Wildman–Crippen LogP) is 8.27. The van der Waals surface area contributed by atoms with Gasteiger partial charge < -0.3 is 15.2 Å². The lowest BCUT2D eigenvalue weighted by molar-refractivity contribution is 0.183. The van der Waals surface area contributed by atoms with E-state index in [0.717, 1.165) is 0 Å². The Bertz CT molecular complexity index is 792. The van der Waals surface area contributed by atoms with Crippen LogP contribution in [-0.2, 0) is 0 Å². The molecule has 2 aromatic carbocycles. The molecular formula is C28H47F2NO2. The number of phenolic OH excluding ortho intramolecular Hbond substituents is 1. The van der Waals surface area contributed by atoms with Crippen LogP contribution in [0.25, 0.3) is 0 Å². The minimum absolute atomic E-state index is 0. The number of piperidine rings is 1. The smallest absolute Gasteiger partial charge is 0.132 e. The Morgan fingerprint density at radius 2 is 1.36 bits per heavy atom. The normalized spacial score (nSPS) is 15.2. The molecule has 33 heavy (non-hydrogen) atoms. The lowest BCUT2D eigenvalue weighted by Crippen LogP contribution is -2.55. The van der Waals surface area contributed by atoms with Crippen LogP contribution in [0.1, 0.15) is 84.9 Å². The van der Waals surface area contributed by atoms with Crippen LogP contribution in [-0.4, -0.2) is 23.3 Å². The molecule has 3 nitrogen and oxygen atoms in total. The van der Waals surface area contributed by atoms with Gasteiger partial charge in [0.1, 0.15) is 23.1 Å². The van der Waals surface area contributed by atoms with Gasteiger partial charge in [0, 0.05) is 22.7 Å². The molecule has 2 aromatic rings. The molecule has 0 aliphatic carbocycles. The number of nitrogens with one attached hydrogen (secondary N) is 1. The third-order valence-electron chi connectivity index (χ3n) is 5.21. The van der Waals surface area contributed by atoms with Crippen LogP contribution in [0.4, 0.5) is 8.78 Å². The molecular weight excluding hydrogens is 420 g/mol. The first-order valence-electron chi connectivity index (χ1n) is 11.3. The monoisotopic (exact) mass is 467 g/mol. The Labute approximate surface area is 201 Å². The summed E-state index contributed by atoms with van der Waals surface area (Å²) in [6.45, 7) is 18.1. The lowest BCUT2D eigenvalue weighted by Gasteiger charge is -2.42. The van der Waals surface area contributed by atoms with E-state index in [-0.39, 0.29) is 24.8 Å². The molecule has 0 bridgehead atoms. The molecule has 0 atom stereocenters. The minimum Gasteiger partial charge on any atom is -0.508 e. The van der Waals surface area contributed by atoms with E-state index < -0.39 is 0 Å². The van der Waals surface area contributed by atoms with E-state index in [2.05, 4.69) is 33.0 Å². The molecule has 1 aliphatic heterocycles. The fourth-order valence-electron chi connectivity index (χ4n) is 3.52. The molecule has 1 heterocycles. The highest BCUT2D eigenvalue weighted by Crippen LogP contribution is 2.27. The second-order valence-corrected chi connectivity index (χ2v) is 9.20. The second-order valence-electron chi connectivity index (χ2n) is 9.20. The van der Waals surface area contributed by atoms with Crippen molar-refractivity contribution in [2.45, 2.75) is 100 Å². The molecule has 1 fully saturated rings. The van der Waals surface area contributed by atoms with Crippen molar-refractivity contribution in [3.05, 3.63) is 58.7 Å². The number of phenols is 1. The average molecular weight is 468 g/mol. The van der Waals surface area contributed by atoms with Crippen LogP contribution < -0.4 is 10.1 Å². The summed E-state index contributed by atoms with van der Waals surface area (Å²) in [6.07, 6.45) is 4.00. The highest BCUT2D eigenvalue weighted by molar-refractivity contribution is 5.35. The standard InChI is InChI=1S/C9H19N.2C8H9FO.C2H6.CH4/c1-8(2)6-5-7-9(3,4)10-8;1-6-3-4-7(10-2)5-8(6)9;1-5-3-4-7(10)6(2)8(5)9;1-2;/h10H,5-7H2,1-4H3;3-5H,1-2H3;3-4,10H,1-2H3;1-2H3;1H4. The fourth-order valence-corrected chi connectivity index (χ4v) is 3.52. The molecule has 0 spiro atoms. The van der Waals surface area contributed by atoms with Gasteiger partial charge >= 0.3 is 0 Å². The summed E-state index contributed by atoms with van der Waals surface area (Å²) in [6, 6.07) is 7.84. The second kappa shape index (κ2) is 14.9. The quantitative estimate of drug-likeness (QED) is 0.443. The highest BCUT2D eigenvalue weighted by Gasteiger charge is 2.31. The molecule has 1 aliphatic rings. The molecule has 5 heteroatoms. The van der Waals surface area contributed by atoms with Gasteiger partial charge in [0.2, 0.25) is 0 Å². The van der Waals surface area contributed by atoms with Gasteiger partial charge in [-0.2, -0.15) is 0 Å². The Morgan fingerprint density at radius 3 is 1.73 bits per heavy atom. The first kappa shape index (κ1) is 33.0. The largest absolute Gasteiger partial charge is 0.508 e. The first-order chi connectivity index (χ1) is 14.8. The number of ether oxygens (including phenoxy) is 1. The van der Waals surface area contributed by atoms with Gasteiger partial charge in [-0.15, -0.1) is 0 Å². The van der Waals surface area contributed by atoms with Gasteiger partial charge in [0.15, 0.2) is 0 Å². The molecule has 0 amide bonds. The Morgan fingerprint density at radius 1 is 0.879 bits per heavy atom. The summed E-state index contributed by atoms with van der Waals surface area (Å²) >= 11 is 0. The molecule has 190 valence electrons. The Balaban J connectivity index is 0. The molecule has 1 saturated heterocycles. The minimum atomic E-state index is -0.319. The number of benzene rings is 2. The van der Waals surface area contributed by atoms with Crippen LogP contribution in [0, 0.1) is 32.4 Å². The topological polar surface area (TPSA) is 41.5 Å². The summed E-state index contributed by atoms with van der Waals surface area (Å²) in [7, 11) is 1.52. The molecule has 0 saturated carbocycles. The number of hydrogen-bond acceptors (Lipinski definition) is 3. The van der Waals surface area contributed by atoms with Gasteiger partial charge in [0.05, 0.1) is 7.11 Å². The third-order valence-corrected chi connectivity index (χ3v) is 5.21. The van der Waals surface area contributed by atoms with E-state index in [0.29, 0.717) is 33.5 Å². The fraction of sp³-hybridized carbons (Fsp3) is 0.571. The van der Waals surface area contributed by atoms with Crippen molar-refractivity contribution in [2.75, 3.05) is 7.11 Å². The van der Waals surface area contributed by atoms with Crippen LogP contribution in [0.5, 0.6) is 11.5 Å². The first-order valence-corrected chi connectivity index (χ1v) is 11.3. The average Bonchev–Trinajstić information content (AvgIpc) is 2.72. The van der Waals surface area contributed by atoms with Crippen molar-refractivity contribution >= 4 is 0 Å². The van der Waals surface area contributed by atoms with E-state index in [1.807, 2.05) is 13.8 Å². The zero-order valence-corrected chi connectivity index (χ0v) is 21.6. The van der Waals surface area contributed by atoms with Crippen molar-refractivity contribution in [3.63, 3.8) is 0 Å². The van der Waals surface area contributed by atoms with Crippen molar-refractivity contribution in [1.29, 1.82) is 0 Å². The van der Waals surface area contributed by atoms with Gasteiger partial charge in [-0.05, 0) is 91.0 Å². The number of aromatic hydroxyl groups is 1. The number of halogens is 2. The maximum Gasteiger partial charge on any atom is 0.132 e. The number of aryl methyl sites for hydroxylation is 2. The van der Waals surface area contributed by atoms with Crippen LogP contribution in [0.3, 0.4) is 0 Å². The number of hydrogen-bond donors (Lipinski definition) is 2. The highest BCUT2D eigenvalue weighted by atomic mass is 19.1. The molecule has 0 radical (unpaired) electrons. The van der Waals surface area contributed by atoms with E-state index in [9.17, 15) is 8.78 Å². The molecule has 0 unspecified atom stereocenters. The summed E-state index contributed by atoms with van der Waals surface area (Å²) < 4.78 is 30.3.